The predicted molar refractivity (Wildman–Crippen MR) is 62.4 cm³/mol. The van der Waals surface area contributed by atoms with E-state index < -0.39 is 0 Å². The molecular weight excluding hydrogens is 188 g/mol. The van der Waals surface area contributed by atoms with Gasteiger partial charge in [-0.2, -0.15) is 0 Å². The van der Waals surface area contributed by atoms with E-state index >= 15 is 0 Å². The lowest BCUT2D eigenvalue weighted by atomic mass is 9.95. The van der Waals surface area contributed by atoms with Gasteiger partial charge in [0, 0.05) is 6.04 Å². The van der Waals surface area contributed by atoms with E-state index in [-0.39, 0.29) is 5.91 Å². The third kappa shape index (κ3) is 3.82. The molecule has 0 radical (unpaired) electrons. The van der Waals surface area contributed by atoms with Gasteiger partial charge in [-0.25, -0.2) is 0 Å². The van der Waals surface area contributed by atoms with Gasteiger partial charge in [0.1, 0.15) is 0 Å². The van der Waals surface area contributed by atoms with Gasteiger partial charge in [0.2, 0.25) is 5.91 Å². The number of rotatable bonds is 3. The summed E-state index contributed by atoms with van der Waals surface area (Å²) >= 11 is 0. The van der Waals surface area contributed by atoms with E-state index in [2.05, 4.69) is 25.7 Å². The molecular formula is C12H24N2O. The third-order valence-electron chi connectivity index (χ3n) is 3.46. The Morgan fingerprint density at radius 1 is 1.40 bits per heavy atom. The highest BCUT2D eigenvalue weighted by Crippen LogP contribution is 2.25. The number of carbonyl (C=O) groups excluding carboxylic acids is 1. The fourth-order valence-corrected chi connectivity index (χ4v) is 2.49. The van der Waals surface area contributed by atoms with Crippen molar-refractivity contribution >= 4 is 5.91 Å². The quantitative estimate of drug-likeness (QED) is 0.772. The Morgan fingerprint density at radius 3 is 2.60 bits per heavy atom. The van der Waals surface area contributed by atoms with Gasteiger partial charge in [-0.1, -0.05) is 20.8 Å². The highest BCUT2D eigenvalue weighted by molar-refractivity contribution is 5.75. The maximum Gasteiger partial charge on any atom is 0.231 e. The number of nitrogens with zero attached hydrogens (tertiary/aromatic N) is 1. The first-order chi connectivity index (χ1) is 7.00. The Bertz CT molecular complexity index is 216. The van der Waals surface area contributed by atoms with E-state index in [1.165, 1.54) is 19.3 Å². The van der Waals surface area contributed by atoms with Gasteiger partial charge in [-0.05, 0) is 37.6 Å². The third-order valence-corrected chi connectivity index (χ3v) is 3.46. The van der Waals surface area contributed by atoms with Gasteiger partial charge >= 0.3 is 0 Å². The van der Waals surface area contributed by atoms with Crippen LogP contribution >= 0.6 is 0 Å². The number of hydrogen-bond acceptors (Lipinski definition) is 2. The van der Waals surface area contributed by atoms with Crippen molar-refractivity contribution in [2.45, 2.75) is 46.1 Å². The predicted octanol–water partition coefficient (Wildman–Crippen LogP) is 1.62. The van der Waals surface area contributed by atoms with Crippen molar-refractivity contribution < 1.29 is 4.79 Å². The van der Waals surface area contributed by atoms with Crippen molar-refractivity contribution in [2.75, 3.05) is 13.1 Å². The molecule has 0 saturated carbocycles. The van der Waals surface area contributed by atoms with E-state index in [0.717, 1.165) is 12.5 Å². The molecule has 1 aliphatic heterocycles. The molecule has 0 aromatic carbocycles. The van der Waals surface area contributed by atoms with E-state index in [1.807, 2.05) is 0 Å². The summed E-state index contributed by atoms with van der Waals surface area (Å²) in [6.45, 7) is 8.21. The minimum absolute atomic E-state index is 0.199. The summed E-state index contributed by atoms with van der Waals surface area (Å²) in [5.74, 6) is 1.19. The molecule has 1 aliphatic rings. The van der Waals surface area contributed by atoms with Crippen LogP contribution in [0.4, 0.5) is 0 Å². The number of nitrogens with two attached hydrogens (primary N) is 1. The lowest BCUT2D eigenvalue weighted by Crippen LogP contribution is -2.43. The summed E-state index contributed by atoms with van der Waals surface area (Å²) in [6, 6.07) is 0.530. The van der Waals surface area contributed by atoms with Crippen LogP contribution in [0.15, 0.2) is 0 Å². The fraction of sp³-hybridized carbons (Fsp3) is 0.917. The molecule has 1 amide bonds. The van der Waals surface area contributed by atoms with Crippen molar-refractivity contribution in [1.82, 2.24) is 4.90 Å². The standard InChI is InChI=1S/C12H24N2O/c1-9(2)11-5-4-10(3)6-7-14(11)8-12(13)15/h9-11H,4-8H2,1-3H3,(H2,13,15)/t10-,11+/m0/s1. The van der Waals surface area contributed by atoms with Crippen molar-refractivity contribution in [3.63, 3.8) is 0 Å². The zero-order chi connectivity index (χ0) is 11.4. The van der Waals surface area contributed by atoms with E-state index in [1.54, 1.807) is 0 Å². The number of primary amides is 1. The van der Waals surface area contributed by atoms with Crippen LogP contribution in [0.1, 0.15) is 40.0 Å². The number of carbonyl (C=O) groups is 1. The lowest BCUT2D eigenvalue weighted by molar-refractivity contribution is -0.119. The van der Waals surface area contributed by atoms with Gasteiger partial charge in [-0.15, -0.1) is 0 Å². The molecule has 0 unspecified atom stereocenters. The maximum atomic E-state index is 11.0. The van der Waals surface area contributed by atoms with Crippen molar-refractivity contribution in [2.24, 2.45) is 17.6 Å². The Labute approximate surface area is 93.0 Å². The lowest BCUT2D eigenvalue weighted by Gasteiger charge is -2.31. The molecule has 3 nitrogen and oxygen atoms in total. The second-order valence-corrected chi connectivity index (χ2v) is 5.22. The number of hydrogen-bond donors (Lipinski definition) is 1. The highest BCUT2D eigenvalue weighted by atomic mass is 16.1. The summed E-state index contributed by atoms with van der Waals surface area (Å²) in [6.07, 6.45) is 3.67. The highest BCUT2D eigenvalue weighted by Gasteiger charge is 2.26. The van der Waals surface area contributed by atoms with E-state index in [0.29, 0.717) is 18.5 Å². The topological polar surface area (TPSA) is 46.3 Å². The second-order valence-electron chi connectivity index (χ2n) is 5.22. The molecule has 88 valence electrons. The smallest absolute Gasteiger partial charge is 0.231 e. The minimum atomic E-state index is -0.199. The van der Waals surface area contributed by atoms with Gasteiger partial charge in [0.15, 0.2) is 0 Å². The molecule has 0 aromatic heterocycles. The first kappa shape index (κ1) is 12.5. The molecule has 0 bridgehead atoms. The molecule has 3 heteroatoms. The van der Waals surface area contributed by atoms with Crippen molar-refractivity contribution in [3.8, 4) is 0 Å². The van der Waals surface area contributed by atoms with Gasteiger partial charge in [0.25, 0.3) is 0 Å². The largest absolute Gasteiger partial charge is 0.369 e. The summed E-state index contributed by atoms with van der Waals surface area (Å²) < 4.78 is 0. The average Bonchev–Trinajstić information content (AvgIpc) is 2.28. The molecule has 1 rings (SSSR count). The van der Waals surface area contributed by atoms with Crippen LogP contribution in [-0.4, -0.2) is 29.9 Å². The molecule has 0 aliphatic carbocycles. The Hall–Kier alpha value is -0.570. The normalized spacial score (nSPS) is 29.1. The van der Waals surface area contributed by atoms with Crippen LogP contribution in [0.25, 0.3) is 0 Å². The van der Waals surface area contributed by atoms with Crippen LogP contribution in [0.2, 0.25) is 0 Å². The maximum absolute atomic E-state index is 11.0. The Morgan fingerprint density at radius 2 is 2.07 bits per heavy atom. The molecule has 1 saturated heterocycles. The summed E-state index contributed by atoms with van der Waals surface area (Å²) in [7, 11) is 0. The van der Waals surface area contributed by atoms with E-state index in [4.69, 9.17) is 5.73 Å². The van der Waals surface area contributed by atoms with Gasteiger partial charge in [-0.3, -0.25) is 9.69 Å². The number of likely N-dealkylation sites (tertiary alicyclic amines) is 1. The molecule has 0 aromatic rings. The monoisotopic (exact) mass is 212 g/mol. The van der Waals surface area contributed by atoms with Gasteiger partial charge in [0.05, 0.1) is 6.54 Å². The van der Waals surface area contributed by atoms with Crippen molar-refractivity contribution in [1.29, 1.82) is 0 Å². The molecule has 1 heterocycles. The molecule has 2 atom stereocenters. The van der Waals surface area contributed by atoms with Crippen molar-refractivity contribution in [3.05, 3.63) is 0 Å². The second kappa shape index (κ2) is 5.50. The fourth-order valence-electron chi connectivity index (χ4n) is 2.49. The first-order valence-electron chi connectivity index (χ1n) is 6.03. The van der Waals surface area contributed by atoms with Crippen LogP contribution in [-0.2, 0) is 4.79 Å². The molecule has 1 fully saturated rings. The van der Waals surface area contributed by atoms with Crippen LogP contribution in [0.5, 0.6) is 0 Å². The molecule has 15 heavy (non-hydrogen) atoms. The molecule has 0 spiro atoms. The zero-order valence-electron chi connectivity index (χ0n) is 10.2. The van der Waals surface area contributed by atoms with Gasteiger partial charge < -0.3 is 5.73 Å². The SMILES string of the molecule is CC(C)[C@H]1CC[C@H](C)CCN1CC(N)=O. The minimum Gasteiger partial charge on any atom is -0.369 e. The summed E-state index contributed by atoms with van der Waals surface area (Å²) in [5, 5.41) is 0. The average molecular weight is 212 g/mol. The zero-order valence-corrected chi connectivity index (χ0v) is 10.2. The number of amides is 1. The first-order valence-corrected chi connectivity index (χ1v) is 6.03. The van der Waals surface area contributed by atoms with Crippen LogP contribution < -0.4 is 5.73 Å². The van der Waals surface area contributed by atoms with Crippen LogP contribution in [0, 0.1) is 11.8 Å². The Balaban J connectivity index is 2.64. The summed E-state index contributed by atoms with van der Waals surface area (Å²) in [5.41, 5.74) is 5.29. The van der Waals surface area contributed by atoms with Crippen LogP contribution in [0.3, 0.4) is 0 Å². The summed E-state index contributed by atoms with van der Waals surface area (Å²) in [4.78, 5) is 13.3. The van der Waals surface area contributed by atoms with E-state index in [9.17, 15) is 4.79 Å². The Kier molecular flexibility index (Phi) is 4.58. The molecule has 2 N–H and O–H groups in total.